The van der Waals surface area contributed by atoms with Crippen LogP contribution in [0.4, 0.5) is 48.3 Å². The summed E-state index contributed by atoms with van der Waals surface area (Å²) in [6.45, 7) is 0. The monoisotopic (exact) mass is 474 g/mol. The molecule has 1 rings (SSSR count). The fraction of sp³-hybridized carbons (Fsp3) is 1.00. The Hall–Kier alpha value is -0.920. The third kappa shape index (κ3) is 2.23. The highest BCUT2D eigenvalue weighted by atomic mass is 32.3. The lowest BCUT2D eigenvalue weighted by Gasteiger charge is -2.39. The number of hydrogen-bond acceptors (Lipinski definition) is 6. The molecule has 0 N–H and O–H groups in total. The normalized spacial score (nSPS) is 27.8. The van der Waals surface area contributed by atoms with Gasteiger partial charge in [-0.25, -0.2) is 25.3 Å². The molecule has 1 fully saturated rings. The maximum Gasteiger partial charge on any atom is 0.469 e. The summed E-state index contributed by atoms with van der Waals surface area (Å²) in [5.74, 6) is -7.39. The standard InChI is InChI=1S/C6HF11O6S3/c7-2(8)4(12,13)24(18,19)1(25(20,21)5(2,14)15)26(22,23)6(16,17)3(9,10)11/h1H. The van der Waals surface area contributed by atoms with Crippen LogP contribution in [0.2, 0.25) is 0 Å². The Bertz CT molecular complexity index is 877. The van der Waals surface area contributed by atoms with E-state index in [2.05, 4.69) is 0 Å². The predicted molar refractivity (Wildman–Crippen MR) is 56.4 cm³/mol. The van der Waals surface area contributed by atoms with Crippen molar-refractivity contribution in [2.75, 3.05) is 0 Å². The minimum Gasteiger partial charge on any atom is -0.220 e. The van der Waals surface area contributed by atoms with Crippen molar-refractivity contribution in [3.63, 3.8) is 0 Å². The number of hydrogen-bond donors (Lipinski definition) is 0. The number of halogens is 11. The van der Waals surface area contributed by atoms with Gasteiger partial charge in [0.15, 0.2) is 0 Å². The fourth-order valence-electron chi connectivity index (χ4n) is 1.55. The lowest BCUT2D eigenvalue weighted by Crippen LogP contribution is -2.72. The van der Waals surface area contributed by atoms with Crippen LogP contribution in [0, 0.1) is 0 Å². The maximum absolute atomic E-state index is 13.2. The van der Waals surface area contributed by atoms with Gasteiger partial charge in [0.1, 0.15) is 0 Å². The van der Waals surface area contributed by atoms with Crippen molar-refractivity contribution in [3.8, 4) is 0 Å². The first-order valence-corrected chi connectivity index (χ1v) is 9.79. The van der Waals surface area contributed by atoms with Crippen molar-refractivity contribution in [2.24, 2.45) is 0 Å². The summed E-state index contributed by atoms with van der Waals surface area (Å²) in [5, 5.41) is -22.2. The van der Waals surface area contributed by atoms with E-state index < -0.39 is 61.3 Å². The SMILES string of the molecule is O=S(=O)(C1S(=O)(=O)C(F)(F)C(F)(F)C(F)(F)S1(=O)=O)C(F)(F)C(F)(F)F. The Balaban J connectivity index is 4.12. The smallest absolute Gasteiger partial charge is 0.220 e. The van der Waals surface area contributed by atoms with Crippen LogP contribution in [0.3, 0.4) is 0 Å². The van der Waals surface area contributed by atoms with Crippen molar-refractivity contribution >= 4 is 29.5 Å². The predicted octanol–water partition coefficient (Wildman–Crippen LogP) is 1.50. The quantitative estimate of drug-likeness (QED) is 0.563. The van der Waals surface area contributed by atoms with Crippen molar-refractivity contribution in [1.29, 1.82) is 0 Å². The van der Waals surface area contributed by atoms with Crippen LogP contribution in [0.15, 0.2) is 0 Å². The molecule has 156 valence electrons. The molecule has 0 aromatic carbocycles. The van der Waals surface area contributed by atoms with E-state index in [1.165, 1.54) is 0 Å². The molecule has 20 heteroatoms. The highest BCUT2D eigenvalue weighted by Crippen LogP contribution is 2.60. The van der Waals surface area contributed by atoms with E-state index >= 15 is 0 Å². The molecule has 1 saturated heterocycles. The van der Waals surface area contributed by atoms with Gasteiger partial charge >= 0.3 is 27.9 Å². The number of alkyl halides is 11. The summed E-state index contributed by atoms with van der Waals surface area (Å²) >= 11 is 0. The van der Waals surface area contributed by atoms with Gasteiger partial charge in [-0.05, 0) is 0 Å². The molecule has 1 aliphatic heterocycles. The van der Waals surface area contributed by atoms with Gasteiger partial charge in [-0.15, -0.1) is 0 Å². The van der Waals surface area contributed by atoms with E-state index in [1.807, 2.05) is 0 Å². The summed E-state index contributed by atoms with van der Waals surface area (Å²) < 4.78 is 202. The molecular formula is C6HF11O6S3. The van der Waals surface area contributed by atoms with Gasteiger partial charge < -0.3 is 0 Å². The lowest BCUT2D eigenvalue weighted by atomic mass is 10.3. The van der Waals surface area contributed by atoms with Gasteiger partial charge in [-0.3, -0.25) is 0 Å². The average Bonchev–Trinajstić information content (AvgIpc) is 2.33. The van der Waals surface area contributed by atoms with Gasteiger partial charge in [0.2, 0.25) is 0 Å². The Morgan fingerprint density at radius 3 is 1.19 bits per heavy atom. The molecule has 1 aliphatic rings. The van der Waals surface area contributed by atoms with Gasteiger partial charge in [0, 0.05) is 0 Å². The molecule has 0 aromatic heterocycles. The summed E-state index contributed by atoms with van der Waals surface area (Å²) in [6.07, 6.45) is -7.37. The van der Waals surface area contributed by atoms with E-state index in [0.717, 1.165) is 0 Å². The van der Waals surface area contributed by atoms with Crippen LogP contribution in [0.5, 0.6) is 0 Å². The molecule has 26 heavy (non-hydrogen) atoms. The molecule has 0 bridgehead atoms. The van der Waals surface area contributed by atoms with Crippen LogP contribution >= 0.6 is 0 Å². The first kappa shape index (κ1) is 23.1. The van der Waals surface area contributed by atoms with Crippen molar-refractivity contribution in [3.05, 3.63) is 0 Å². The maximum atomic E-state index is 13.2. The molecule has 0 aromatic rings. The Labute approximate surface area is 135 Å². The molecule has 0 atom stereocenters. The van der Waals surface area contributed by atoms with Gasteiger partial charge in [-0.2, -0.15) is 48.3 Å². The number of rotatable bonds is 2. The largest absolute Gasteiger partial charge is 0.469 e. The molecule has 0 saturated carbocycles. The second-order valence-electron chi connectivity index (χ2n) is 4.55. The second-order valence-corrected chi connectivity index (χ2v) is 11.7. The highest BCUT2D eigenvalue weighted by Gasteiger charge is 2.92. The topological polar surface area (TPSA) is 102 Å². The number of sulfone groups is 3. The van der Waals surface area contributed by atoms with Crippen molar-refractivity contribution in [1.82, 2.24) is 0 Å². The first-order chi connectivity index (χ1) is 10.9. The molecular weight excluding hydrogens is 473 g/mol. The molecule has 0 radical (unpaired) electrons. The fourth-order valence-corrected chi connectivity index (χ4v) is 9.81. The minimum atomic E-state index is -8.35. The van der Waals surface area contributed by atoms with E-state index in [4.69, 9.17) is 0 Å². The highest BCUT2D eigenvalue weighted by molar-refractivity contribution is 8.25. The Morgan fingerprint density at radius 2 is 0.962 bits per heavy atom. The third-order valence-electron chi connectivity index (χ3n) is 2.89. The van der Waals surface area contributed by atoms with E-state index in [1.54, 1.807) is 0 Å². The first-order valence-electron chi connectivity index (χ1n) is 5.15. The van der Waals surface area contributed by atoms with Crippen LogP contribution < -0.4 is 0 Å². The second kappa shape index (κ2) is 5.11. The molecule has 1 heterocycles. The van der Waals surface area contributed by atoms with E-state index in [-0.39, 0.29) is 0 Å². The van der Waals surface area contributed by atoms with Crippen LogP contribution in [0.25, 0.3) is 0 Å². The zero-order valence-electron chi connectivity index (χ0n) is 10.9. The molecule has 0 amide bonds. The molecule has 0 unspecified atom stereocenters. The molecule has 0 aliphatic carbocycles. The van der Waals surface area contributed by atoms with Crippen LogP contribution in [0.1, 0.15) is 0 Å². The van der Waals surface area contributed by atoms with E-state index in [9.17, 15) is 73.5 Å². The van der Waals surface area contributed by atoms with Gasteiger partial charge in [-0.1, -0.05) is 0 Å². The molecule has 0 spiro atoms. The van der Waals surface area contributed by atoms with E-state index in [0.29, 0.717) is 0 Å². The van der Waals surface area contributed by atoms with Crippen LogP contribution in [-0.4, -0.2) is 57.0 Å². The Kier molecular flexibility index (Phi) is 4.55. The van der Waals surface area contributed by atoms with Gasteiger partial charge in [0.05, 0.1) is 0 Å². The summed E-state index contributed by atoms with van der Waals surface area (Å²) in [6, 6.07) is 0. The van der Waals surface area contributed by atoms with Crippen molar-refractivity contribution < 1.29 is 73.5 Å². The summed E-state index contributed by atoms with van der Waals surface area (Å²) in [4.78, 5) is 0. The zero-order valence-corrected chi connectivity index (χ0v) is 13.4. The van der Waals surface area contributed by atoms with Gasteiger partial charge in [0.25, 0.3) is 33.4 Å². The minimum absolute atomic E-state index is 5.93. The van der Waals surface area contributed by atoms with Crippen LogP contribution in [-0.2, 0) is 29.5 Å². The van der Waals surface area contributed by atoms with Crippen molar-refractivity contribution in [2.45, 2.75) is 31.8 Å². The zero-order chi connectivity index (χ0) is 21.6. The molecule has 6 nitrogen and oxygen atoms in total. The Morgan fingerprint density at radius 1 is 0.692 bits per heavy atom. The third-order valence-corrected chi connectivity index (χ3v) is 11.9. The summed E-state index contributed by atoms with van der Waals surface area (Å²) in [7, 11) is -24.6. The summed E-state index contributed by atoms with van der Waals surface area (Å²) in [5.41, 5.74) is 0. The average molecular weight is 474 g/mol. The lowest BCUT2D eigenvalue weighted by molar-refractivity contribution is -0.246.